The molecule has 0 heterocycles. The van der Waals surface area contributed by atoms with Crippen LogP contribution in [0.2, 0.25) is 0 Å². The van der Waals surface area contributed by atoms with E-state index in [1.807, 2.05) is 6.92 Å². The third-order valence-corrected chi connectivity index (χ3v) is 6.86. The summed E-state index contributed by atoms with van der Waals surface area (Å²) in [6.07, 6.45) is 2.71. The largest absolute Gasteiger partial charge is 0.481 e. The van der Waals surface area contributed by atoms with E-state index in [2.05, 4.69) is 0 Å². The topological polar surface area (TPSA) is 88.5 Å². The van der Waals surface area contributed by atoms with E-state index in [-0.39, 0.29) is 48.4 Å². The van der Waals surface area contributed by atoms with Crippen LogP contribution in [0.1, 0.15) is 58.8 Å². The number of aliphatic carboxylic acids is 1. The molecule has 3 rings (SSSR count). The van der Waals surface area contributed by atoms with E-state index in [0.29, 0.717) is 19.3 Å². The Kier molecular flexibility index (Phi) is 3.73. The van der Waals surface area contributed by atoms with E-state index >= 15 is 0 Å². The van der Waals surface area contributed by atoms with Gasteiger partial charge in [-0.25, -0.2) is 0 Å². The zero-order valence-electron chi connectivity index (χ0n) is 13.8. The van der Waals surface area contributed by atoms with Gasteiger partial charge in [0, 0.05) is 42.4 Å². The van der Waals surface area contributed by atoms with Crippen LogP contribution in [-0.2, 0) is 19.2 Å². The fraction of sp³-hybridized carbons (Fsp3) is 0.778. The van der Waals surface area contributed by atoms with Crippen LogP contribution >= 0.6 is 0 Å². The minimum atomic E-state index is -0.940. The van der Waals surface area contributed by atoms with Crippen LogP contribution in [0.25, 0.3) is 0 Å². The second kappa shape index (κ2) is 5.25. The molecule has 0 aliphatic heterocycles. The first-order chi connectivity index (χ1) is 10.7. The summed E-state index contributed by atoms with van der Waals surface area (Å²) >= 11 is 0. The highest BCUT2D eigenvalue weighted by molar-refractivity contribution is 5.99. The van der Waals surface area contributed by atoms with Gasteiger partial charge in [-0.1, -0.05) is 13.8 Å². The maximum Gasteiger partial charge on any atom is 0.303 e. The molecule has 5 unspecified atom stereocenters. The summed E-state index contributed by atoms with van der Waals surface area (Å²) in [6, 6.07) is 0. The zero-order chi connectivity index (χ0) is 17.0. The number of rotatable bonds is 3. The molecule has 0 aromatic carbocycles. The van der Waals surface area contributed by atoms with E-state index in [1.54, 1.807) is 6.92 Å². The van der Waals surface area contributed by atoms with Crippen molar-refractivity contribution in [2.45, 2.75) is 58.8 Å². The number of carbonyl (C=O) groups excluding carboxylic acids is 3. The van der Waals surface area contributed by atoms with Crippen molar-refractivity contribution in [2.75, 3.05) is 0 Å². The fourth-order valence-electron chi connectivity index (χ4n) is 5.57. The van der Waals surface area contributed by atoms with Gasteiger partial charge in [-0.15, -0.1) is 0 Å². The Balaban J connectivity index is 1.96. The van der Waals surface area contributed by atoms with Gasteiger partial charge in [0.1, 0.15) is 17.3 Å². The molecule has 3 saturated carbocycles. The van der Waals surface area contributed by atoms with Crippen molar-refractivity contribution < 1.29 is 24.3 Å². The summed E-state index contributed by atoms with van der Waals surface area (Å²) in [5, 5.41) is 8.99. The second-order valence-corrected chi connectivity index (χ2v) is 8.04. The monoisotopic (exact) mass is 320 g/mol. The van der Waals surface area contributed by atoms with Crippen molar-refractivity contribution >= 4 is 23.3 Å². The fourth-order valence-corrected chi connectivity index (χ4v) is 5.57. The number of carboxylic acid groups (broad SMARTS) is 1. The van der Waals surface area contributed by atoms with E-state index < -0.39 is 22.7 Å². The Morgan fingerprint density at radius 1 is 1.13 bits per heavy atom. The molecular formula is C18H24O5. The lowest BCUT2D eigenvalue weighted by Crippen LogP contribution is -2.56. The average Bonchev–Trinajstić information content (AvgIpc) is 2.76. The van der Waals surface area contributed by atoms with Gasteiger partial charge in [0.15, 0.2) is 0 Å². The Bertz CT molecular complexity index is 594. The van der Waals surface area contributed by atoms with E-state index in [1.165, 1.54) is 0 Å². The number of hydrogen-bond acceptors (Lipinski definition) is 4. The highest BCUT2D eigenvalue weighted by Gasteiger charge is 2.62. The molecule has 0 saturated heterocycles. The standard InChI is InChI=1S/C18H24O5/c1-17(8-7-15(22)23)13(20)5-3-10-11-4-6-14(21)18(11,2)9-12(19)16(10)17/h10-11,16H,3-9H2,1-2H3,(H,22,23). The molecule has 126 valence electrons. The van der Waals surface area contributed by atoms with Crippen molar-refractivity contribution in [3.8, 4) is 0 Å². The van der Waals surface area contributed by atoms with Gasteiger partial charge in [0.2, 0.25) is 0 Å². The van der Waals surface area contributed by atoms with Gasteiger partial charge in [-0.05, 0) is 31.1 Å². The molecule has 1 N–H and O–H groups in total. The highest BCUT2D eigenvalue weighted by Crippen LogP contribution is 2.60. The van der Waals surface area contributed by atoms with Crippen LogP contribution < -0.4 is 0 Å². The lowest BCUT2D eigenvalue weighted by molar-refractivity contribution is -0.160. The molecule has 3 aliphatic rings. The molecule has 0 aromatic heterocycles. The van der Waals surface area contributed by atoms with Crippen molar-refractivity contribution in [1.29, 1.82) is 0 Å². The van der Waals surface area contributed by atoms with Gasteiger partial charge in [-0.3, -0.25) is 19.2 Å². The molecule has 5 atom stereocenters. The van der Waals surface area contributed by atoms with E-state index in [4.69, 9.17) is 5.11 Å². The Morgan fingerprint density at radius 2 is 1.78 bits per heavy atom. The lowest BCUT2D eigenvalue weighted by atomic mass is 9.48. The van der Waals surface area contributed by atoms with Gasteiger partial charge < -0.3 is 5.11 Å². The summed E-state index contributed by atoms with van der Waals surface area (Å²) in [7, 11) is 0. The Labute approximate surface area is 135 Å². The lowest BCUT2D eigenvalue weighted by Gasteiger charge is -2.52. The van der Waals surface area contributed by atoms with Crippen LogP contribution in [0.4, 0.5) is 0 Å². The van der Waals surface area contributed by atoms with Gasteiger partial charge in [0.05, 0.1) is 0 Å². The Hall–Kier alpha value is -1.52. The predicted octanol–water partition coefficient (Wildman–Crippen LogP) is 2.41. The van der Waals surface area contributed by atoms with Crippen LogP contribution in [0.5, 0.6) is 0 Å². The summed E-state index contributed by atoms with van der Waals surface area (Å²) in [6.45, 7) is 3.68. The molecule has 0 radical (unpaired) electrons. The minimum Gasteiger partial charge on any atom is -0.481 e. The van der Waals surface area contributed by atoms with Gasteiger partial charge in [0.25, 0.3) is 0 Å². The normalized spacial score (nSPS) is 43.2. The van der Waals surface area contributed by atoms with E-state index in [9.17, 15) is 19.2 Å². The quantitative estimate of drug-likeness (QED) is 0.862. The Morgan fingerprint density at radius 3 is 2.43 bits per heavy atom. The molecule has 0 aromatic rings. The highest BCUT2D eigenvalue weighted by atomic mass is 16.4. The molecule has 5 heteroatoms. The summed E-state index contributed by atoms with van der Waals surface area (Å²) in [4.78, 5) is 48.7. The molecule has 3 fully saturated rings. The smallest absolute Gasteiger partial charge is 0.303 e. The van der Waals surface area contributed by atoms with Crippen LogP contribution in [0, 0.1) is 28.6 Å². The third kappa shape index (κ3) is 2.27. The number of Topliss-reactive ketones (excluding diaryl/α,β-unsaturated/α-hetero) is 3. The first-order valence-electron chi connectivity index (χ1n) is 8.51. The summed E-state index contributed by atoms with van der Waals surface area (Å²) < 4.78 is 0. The maximum absolute atomic E-state index is 12.9. The predicted molar refractivity (Wildman–Crippen MR) is 81.7 cm³/mol. The number of hydrogen-bond donors (Lipinski definition) is 1. The molecule has 3 aliphatic carbocycles. The molecule has 5 nitrogen and oxygen atoms in total. The van der Waals surface area contributed by atoms with Crippen molar-refractivity contribution in [1.82, 2.24) is 0 Å². The first-order valence-corrected chi connectivity index (χ1v) is 8.51. The second-order valence-electron chi connectivity index (χ2n) is 8.04. The molecule has 23 heavy (non-hydrogen) atoms. The zero-order valence-corrected chi connectivity index (χ0v) is 13.8. The van der Waals surface area contributed by atoms with Crippen LogP contribution in [0.15, 0.2) is 0 Å². The SMILES string of the molecule is CC12CC(=O)C3C(CCC(=O)C3(C)CCC(=O)O)C1CCC2=O. The maximum atomic E-state index is 12.9. The summed E-state index contributed by atoms with van der Waals surface area (Å²) in [5.74, 6) is -0.957. The van der Waals surface area contributed by atoms with Crippen molar-refractivity contribution in [3.05, 3.63) is 0 Å². The number of fused-ring (bicyclic) bond motifs is 3. The van der Waals surface area contributed by atoms with Gasteiger partial charge >= 0.3 is 5.97 Å². The molecule has 0 spiro atoms. The van der Waals surface area contributed by atoms with E-state index in [0.717, 1.165) is 6.42 Å². The van der Waals surface area contributed by atoms with Crippen LogP contribution in [0.3, 0.4) is 0 Å². The molecule has 0 amide bonds. The minimum absolute atomic E-state index is 0.00932. The molecule has 0 bridgehead atoms. The number of ketones is 3. The van der Waals surface area contributed by atoms with Gasteiger partial charge in [-0.2, -0.15) is 0 Å². The number of carboxylic acids is 1. The van der Waals surface area contributed by atoms with Crippen LogP contribution in [-0.4, -0.2) is 28.4 Å². The van der Waals surface area contributed by atoms with Crippen molar-refractivity contribution in [3.63, 3.8) is 0 Å². The first kappa shape index (κ1) is 16.3. The average molecular weight is 320 g/mol. The molecular weight excluding hydrogens is 296 g/mol. The number of carbonyl (C=O) groups is 4. The summed E-state index contributed by atoms with van der Waals surface area (Å²) in [5.41, 5.74) is -1.45. The third-order valence-electron chi connectivity index (χ3n) is 6.86. The van der Waals surface area contributed by atoms with Crippen molar-refractivity contribution in [2.24, 2.45) is 28.6 Å².